The lowest BCUT2D eigenvalue weighted by atomic mass is 9.89. The molecule has 0 radical (unpaired) electrons. The predicted molar refractivity (Wildman–Crippen MR) is 90.0 cm³/mol. The van der Waals surface area contributed by atoms with Crippen LogP contribution in [0.2, 0.25) is 0 Å². The quantitative estimate of drug-likeness (QED) is 0.818. The number of halogens is 1. The molecule has 0 bridgehead atoms. The highest BCUT2D eigenvalue weighted by Crippen LogP contribution is 2.26. The lowest BCUT2D eigenvalue weighted by Gasteiger charge is -2.37. The molecule has 0 aliphatic carbocycles. The van der Waals surface area contributed by atoms with Crippen LogP contribution in [0.15, 0.2) is 28.7 Å². The van der Waals surface area contributed by atoms with Crippen molar-refractivity contribution >= 4 is 27.8 Å². The van der Waals surface area contributed by atoms with Gasteiger partial charge in [-0.05, 0) is 24.5 Å². The molecule has 1 amide bonds. The summed E-state index contributed by atoms with van der Waals surface area (Å²) in [6.45, 7) is 2.55. The van der Waals surface area contributed by atoms with Crippen LogP contribution in [-0.4, -0.2) is 45.7 Å². The van der Waals surface area contributed by atoms with Gasteiger partial charge >= 0.3 is 5.97 Å². The van der Waals surface area contributed by atoms with E-state index in [0.29, 0.717) is 6.42 Å². The Hall–Kier alpha value is -1.40. The molecular formula is C17H22BrNO4. The molecule has 2 rings (SSSR count). The zero-order chi connectivity index (χ0) is 17.0. The van der Waals surface area contributed by atoms with Gasteiger partial charge in [-0.15, -0.1) is 0 Å². The van der Waals surface area contributed by atoms with Gasteiger partial charge in [0, 0.05) is 36.3 Å². The summed E-state index contributed by atoms with van der Waals surface area (Å²) in [7, 11) is 0. The van der Waals surface area contributed by atoms with E-state index in [-0.39, 0.29) is 37.8 Å². The Balaban J connectivity index is 2.01. The summed E-state index contributed by atoms with van der Waals surface area (Å²) in [6.07, 6.45) is 1.54. The third kappa shape index (κ3) is 4.12. The Morgan fingerprint density at radius 2 is 1.91 bits per heavy atom. The van der Waals surface area contributed by atoms with Crippen molar-refractivity contribution < 1.29 is 19.8 Å². The predicted octanol–water partition coefficient (Wildman–Crippen LogP) is 2.46. The third-order valence-electron chi connectivity index (χ3n) is 4.57. The first-order chi connectivity index (χ1) is 10.9. The summed E-state index contributed by atoms with van der Waals surface area (Å²) in [5.41, 5.74) is -0.604. The Morgan fingerprint density at radius 3 is 2.43 bits per heavy atom. The number of amides is 1. The molecule has 0 spiro atoms. The molecule has 1 aliphatic rings. The van der Waals surface area contributed by atoms with Gasteiger partial charge in [0.2, 0.25) is 5.91 Å². The third-order valence-corrected chi connectivity index (χ3v) is 5.34. The monoisotopic (exact) mass is 383 g/mol. The highest BCUT2D eigenvalue weighted by Gasteiger charge is 2.41. The number of hydrogen-bond donors (Lipinski definition) is 2. The van der Waals surface area contributed by atoms with Crippen LogP contribution in [-0.2, 0) is 16.0 Å². The highest BCUT2D eigenvalue weighted by atomic mass is 79.9. The van der Waals surface area contributed by atoms with E-state index in [1.165, 1.54) is 0 Å². The van der Waals surface area contributed by atoms with Crippen molar-refractivity contribution in [1.29, 1.82) is 0 Å². The molecule has 1 fully saturated rings. The highest BCUT2D eigenvalue weighted by molar-refractivity contribution is 9.10. The molecule has 0 aromatic heterocycles. The number of aliphatic hydroxyl groups is 1. The van der Waals surface area contributed by atoms with Gasteiger partial charge in [-0.3, -0.25) is 4.79 Å². The van der Waals surface area contributed by atoms with Crippen LogP contribution in [0.25, 0.3) is 0 Å². The van der Waals surface area contributed by atoms with Gasteiger partial charge in [0.15, 0.2) is 5.60 Å². The van der Waals surface area contributed by atoms with Crippen molar-refractivity contribution in [3.8, 4) is 0 Å². The van der Waals surface area contributed by atoms with Gasteiger partial charge < -0.3 is 15.1 Å². The molecule has 6 heteroatoms. The van der Waals surface area contributed by atoms with Crippen LogP contribution in [0.4, 0.5) is 0 Å². The molecule has 0 saturated carbocycles. The molecule has 23 heavy (non-hydrogen) atoms. The van der Waals surface area contributed by atoms with Gasteiger partial charge in [-0.2, -0.15) is 0 Å². The minimum absolute atomic E-state index is 0.0377. The number of carboxylic acid groups (broad SMARTS) is 1. The molecule has 2 N–H and O–H groups in total. The molecule has 1 aliphatic heterocycles. The topological polar surface area (TPSA) is 77.8 Å². The van der Waals surface area contributed by atoms with Crippen LogP contribution >= 0.6 is 15.9 Å². The number of hydrogen-bond acceptors (Lipinski definition) is 3. The van der Waals surface area contributed by atoms with Gasteiger partial charge in [0.05, 0.1) is 0 Å². The fourth-order valence-electron chi connectivity index (χ4n) is 2.90. The lowest BCUT2D eigenvalue weighted by Crippen LogP contribution is -2.52. The number of carbonyl (C=O) groups is 2. The molecule has 1 atom stereocenters. The first-order valence-electron chi connectivity index (χ1n) is 7.85. The number of carbonyl (C=O) groups excluding carboxylic acids is 1. The number of rotatable bonds is 5. The zero-order valence-corrected chi connectivity index (χ0v) is 14.8. The Morgan fingerprint density at radius 1 is 1.30 bits per heavy atom. The molecule has 1 heterocycles. The largest absolute Gasteiger partial charge is 0.479 e. The minimum Gasteiger partial charge on any atom is -0.479 e. The minimum atomic E-state index is -1.69. The van der Waals surface area contributed by atoms with Crippen molar-refractivity contribution in [2.45, 2.75) is 38.2 Å². The van der Waals surface area contributed by atoms with Crippen LogP contribution < -0.4 is 0 Å². The second-order valence-corrected chi connectivity index (χ2v) is 6.92. The van der Waals surface area contributed by atoms with E-state index in [2.05, 4.69) is 15.9 Å². The van der Waals surface area contributed by atoms with Gasteiger partial charge in [0.25, 0.3) is 0 Å². The van der Waals surface area contributed by atoms with Gasteiger partial charge in [0.1, 0.15) is 0 Å². The second-order valence-electron chi connectivity index (χ2n) is 6.06. The van der Waals surface area contributed by atoms with Crippen LogP contribution in [0.1, 0.15) is 31.7 Å². The maximum atomic E-state index is 12.7. The number of nitrogens with zero attached hydrogens (tertiary/aromatic N) is 1. The zero-order valence-electron chi connectivity index (χ0n) is 13.2. The van der Waals surface area contributed by atoms with E-state index < -0.39 is 11.6 Å². The molecule has 5 nitrogen and oxygen atoms in total. The Labute approximate surface area is 144 Å². The van der Waals surface area contributed by atoms with Crippen molar-refractivity contribution in [2.75, 3.05) is 13.1 Å². The van der Waals surface area contributed by atoms with Crippen LogP contribution in [0, 0.1) is 5.92 Å². The van der Waals surface area contributed by atoms with E-state index >= 15 is 0 Å². The summed E-state index contributed by atoms with van der Waals surface area (Å²) in [4.78, 5) is 25.5. The average molecular weight is 384 g/mol. The van der Waals surface area contributed by atoms with Gasteiger partial charge in [-0.25, -0.2) is 4.79 Å². The maximum Gasteiger partial charge on any atom is 0.335 e. The number of likely N-dealkylation sites (tertiary alicyclic amines) is 1. The summed E-state index contributed by atoms with van der Waals surface area (Å²) in [6, 6.07) is 7.85. The summed E-state index contributed by atoms with van der Waals surface area (Å²) in [5.74, 6) is -1.30. The molecule has 126 valence electrons. The van der Waals surface area contributed by atoms with Crippen LogP contribution in [0.5, 0.6) is 0 Å². The summed E-state index contributed by atoms with van der Waals surface area (Å²) in [5, 5.41) is 19.0. The van der Waals surface area contributed by atoms with E-state index in [1.807, 2.05) is 31.2 Å². The number of piperidine rings is 1. The average Bonchev–Trinajstić information content (AvgIpc) is 2.54. The summed E-state index contributed by atoms with van der Waals surface area (Å²) < 4.78 is 0.991. The molecule has 1 saturated heterocycles. The fourth-order valence-corrected chi connectivity index (χ4v) is 3.35. The fraction of sp³-hybridized carbons (Fsp3) is 0.529. The van der Waals surface area contributed by atoms with E-state index in [4.69, 9.17) is 5.11 Å². The summed E-state index contributed by atoms with van der Waals surface area (Å²) >= 11 is 3.51. The van der Waals surface area contributed by atoms with Crippen molar-refractivity contribution in [3.05, 3.63) is 34.3 Å². The van der Waals surface area contributed by atoms with Crippen molar-refractivity contribution in [1.82, 2.24) is 4.90 Å². The smallest absolute Gasteiger partial charge is 0.335 e. The van der Waals surface area contributed by atoms with E-state index in [9.17, 15) is 14.7 Å². The maximum absolute atomic E-state index is 12.7. The molecule has 1 aromatic carbocycles. The SMILES string of the molecule is CCC(Cc1ccccc1Br)C(=O)N1CCC(O)(C(=O)O)CC1. The number of benzene rings is 1. The second kappa shape index (κ2) is 7.45. The first-order valence-corrected chi connectivity index (χ1v) is 8.64. The first kappa shape index (κ1) is 17.9. The van der Waals surface area contributed by atoms with Crippen molar-refractivity contribution in [3.63, 3.8) is 0 Å². The number of carboxylic acids is 1. The van der Waals surface area contributed by atoms with E-state index in [1.54, 1.807) is 4.90 Å². The Kier molecular flexibility index (Phi) is 5.81. The molecule has 1 unspecified atom stereocenters. The molecule has 1 aromatic rings. The van der Waals surface area contributed by atoms with Crippen LogP contribution in [0.3, 0.4) is 0 Å². The van der Waals surface area contributed by atoms with E-state index in [0.717, 1.165) is 16.5 Å². The Bertz CT molecular complexity index is 582. The molecular weight excluding hydrogens is 362 g/mol. The normalized spacial score (nSPS) is 18.5. The number of aliphatic carboxylic acids is 1. The van der Waals surface area contributed by atoms with Gasteiger partial charge in [-0.1, -0.05) is 41.1 Å². The standard InChI is InChI=1S/C17H22BrNO4/c1-2-12(11-13-5-3-4-6-14(13)18)15(20)19-9-7-17(23,8-10-19)16(21)22/h3-6,12,23H,2,7-11H2,1H3,(H,21,22). The van der Waals surface area contributed by atoms with Crippen molar-refractivity contribution in [2.24, 2.45) is 5.92 Å². The lowest BCUT2D eigenvalue weighted by molar-refractivity contribution is -0.166.